The van der Waals surface area contributed by atoms with Crippen molar-refractivity contribution < 1.29 is 0 Å². The zero-order valence-electron chi connectivity index (χ0n) is 6.89. The summed E-state index contributed by atoms with van der Waals surface area (Å²) in [5, 5.41) is 1.01. The van der Waals surface area contributed by atoms with Crippen molar-refractivity contribution in [3.05, 3.63) is 0 Å². The maximum atomic E-state index is 2.46. The molecule has 1 saturated heterocycles. The van der Waals surface area contributed by atoms with E-state index in [4.69, 9.17) is 0 Å². The molecule has 10 heavy (non-hydrogen) atoms. The van der Waals surface area contributed by atoms with E-state index >= 15 is 0 Å². The van der Waals surface area contributed by atoms with Crippen LogP contribution < -0.4 is 0 Å². The maximum absolute atomic E-state index is 2.46. The normalized spacial score (nSPS) is 53.4. The molecule has 2 rings (SSSR count). The van der Waals surface area contributed by atoms with Gasteiger partial charge in [-0.3, -0.25) is 0 Å². The van der Waals surface area contributed by atoms with Crippen LogP contribution >= 0.6 is 11.8 Å². The highest BCUT2D eigenvalue weighted by Crippen LogP contribution is 2.52. The SMILES string of the molecule is CC1CCC2(C)CSC1C2. The zero-order chi connectivity index (χ0) is 7.19. The lowest BCUT2D eigenvalue weighted by molar-refractivity contribution is 0.233. The predicted molar refractivity (Wildman–Crippen MR) is 47.4 cm³/mol. The second-order valence-electron chi connectivity index (χ2n) is 4.38. The smallest absolute Gasteiger partial charge is 0.00783 e. The fourth-order valence-corrected chi connectivity index (χ4v) is 4.08. The molecule has 3 atom stereocenters. The number of rotatable bonds is 0. The Kier molecular flexibility index (Phi) is 1.52. The molecule has 1 heteroatoms. The highest BCUT2D eigenvalue weighted by Gasteiger charge is 2.41. The third kappa shape index (κ3) is 0.990. The molecular formula is C9H16S. The van der Waals surface area contributed by atoms with Gasteiger partial charge < -0.3 is 0 Å². The summed E-state index contributed by atoms with van der Waals surface area (Å²) in [6, 6.07) is 0. The molecule has 2 fully saturated rings. The van der Waals surface area contributed by atoms with Crippen molar-refractivity contribution in [3.8, 4) is 0 Å². The van der Waals surface area contributed by atoms with Gasteiger partial charge in [-0.05, 0) is 36.3 Å². The largest absolute Gasteiger partial charge is 0.158 e. The minimum atomic E-state index is 0.738. The van der Waals surface area contributed by atoms with Gasteiger partial charge in [-0.25, -0.2) is 0 Å². The number of hydrogen-bond donors (Lipinski definition) is 0. The first-order valence-electron chi connectivity index (χ1n) is 4.31. The Morgan fingerprint density at radius 1 is 1.50 bits per heavy atom. The van der Waals surface area contributed by atoms with Gasteiger partial charge in [0.2, 0.25) is 0 Å². The van der Waals surface area contributed by atoms with E-state index < -0.39 is 0 Å². The Bertz CT molecular complexity index is 144. The fourth-order valence-electron chi connectivity index (χ4n) is 2.21. The lowest BCUT2D eigenvalue weighted by Gasteiger charge is -2.31. The fraction of sp³-hybridized carbons (Fsp3) is 1.00. The van der Waals surface area contributed by atoms with E-state index in [0.29, 0.717) is 0 Å². The molecule has 0 nitrogen and oxygen atoms in total. The minimum absolute atomic E-state index is 0.738. The lowest BCUT2D eigenvalue weighted by Crippen LogP contribution is -2.25. The highest BCUT2D eigenvalue weighted by molar-refractivity contribution is 8.00. The van der Waals surface area contributed by atoms with E-state index in [1.54, 1.807) is 0 Å². The van der Waals surface area contributed by atoms with E-state index in [9.17, 15) is 0 Å². The van der Waals surface area contributed by atoms with Gasteiger partial charge >= 0.3 is 0 Å². The van der Waals surface area contributed by atoms with E-state index in [0.717, 1.165) is 16.6 Å². The molecule has 0 radical (unpaired) electrons. The summed E-state index contributed by atoms with van der Waals surface area (Å²) in [6.45, 7) is 4.88. The average molecular weight is 156 g/mol. The molecule has 0 spiro atoms. The molecule has 3 unspecified atom stereocenters. The summed E-state index contributed by atoms with van der Waals surface area (Å²) in [6.07, 6.45) is 4.46. The van der Waals surface area contributed by atoms with Gasteiger partial charge in [-0.2, -0.15) is 11.8 Å². The van der Waals surface area contributed by atoms with Crippen molar-refractivity contribution in [2.24, 2.45) is 11.3 Å². The molecule has 2 bridgehead atoms. The number of thioether (sulfide) groups is 1. The number of fused-ring (bicyclic) bond motifs is 2. The Balaban J connectivity index is 2.12. The average Bonchev–Trinajstić information content (AvgIpc) is 2.23. The first-order valence-corrected chi connectivity index (χ1v) is 5.36. The first kappa shape index (κ1) is 7.02. The van der Waals surface area contributed by atoms with Gasteiger partial charge in [0.1, 0.15) is 0 Å². The van der Waals surface area contributed by atoms with E-state index in [2.05, 4.69) is 25.6 Å². The van der Waals surface area contributed by atoms with Crippen LogP contribution in [0.5, 0.6) is 0 Å². The van der Waals surface area contributed by atoms with Crippen LogP contribution in [0.15, 0.2) is 0 Å². The summed E-state index contributed by atoms with van der Waals surface area (Å²) in [4.78, 5) is 0. The molecule has 0 aromatic rings. The zero-order valence-corrected chi connectivity index (χ0v) is 7.71. The van der Waals surface area contributed by atoms with Gasteiger partial charge in [-0.15, -0.1) is 0 Å². The maximum Gasteiger partial charge on any atom is 0.00783 e. The van der Waals surface area contributed by atoms with Gasteiger partial charge in [0.05, 0.1) is 0 Å². The van der Waals surface area contributed by atoms with E-state index in [1.165, 1.54) is 25.0 Å². The molecule has 1 aliphatic heterocycles. The summed E-state index contributed by atoms with van der Waals surface area (Å²) < 4.78 is 0. The van der Waals surface area contributed by atoms with Crippen molar-refractivity contribution in [2.45, 2.75) is 38.4 Å². The highest BCUT2D eigenvalue weighted by atomic mass is 32.2. The molecule has 1 aliphatic carbocycles. The topological polar surface area (TPSA) is 0 Å². The second-order valence-corrected chi connectivity index (χ2v) is 5.61. The van der Waals surface area contributed by atoms with Crippen molar-refractivity contribution in [2.75, 3.05) is 5.75 Å². The van der Waals surface area contributed by atoms with Gasteiger partial charge in [-0.1, -0.05) is 13.8 Å². The van der Waals surface area contributed by atoms with Crippen LogP contribution in [0.2, 0.25) is 0 Å². The van der Waals surface area contributed by atoms with Crippen molar-refractivity contribution in [1.82, 2.24) is 0 Å². The van der Waals surface area contributed by atoms with Gasteiger partial charge in [0.15, 0.2) is 0 Å². The molecule has 0 aromatic carbocycles. The monoisotopic (exact) mass is 156 g/mol. The summed E-state index contributed by atoms with van der Waals surface area (Å²) in [7, 11) is 0. The van der Waals surface area contributed by atoms with E-state index in [1.807, 2.05) is 0 Å². The second kappa shape index (κ2) is 2.17. The van der Waals surface area contributed by atoms with E-state index in [-0.39, 0.29) is 0 Å². The molecule has 1 saturated carbocycles. The molecule has 58 valence electrons. The lowest BCUT2D eigenvalue weighted by atomic mass is 9.74. The molecule has 0 N–H and O–H groups in total. The minimum Gasteiger partial charge on any atom is -0.158 e. The van der Waals surface area contributed by atoms with Crippen molar-refractivity contribution in [3.63, 3.8) is 0 Å². The summed E-state index contributed by atoms with van der Waals surface area (Å²) in [5.74, 6) is 2.43. The number of hydrogen-bond acceptors (Lipinski definition) is 1. The van der Waals surface area contributed by atoms with Crippen LogP contribution in [0, 0.1) is 11.3 Å². The standard InChI is InChI=1S/C9H16S/c1-7-3-4-9(2)5-8(7)10-6-9/h7-8H,3-6H2,1-2H3. The molecule has 0 aromatic heterocycles. The van der Waals surface area contributed by atoms with Crippen LogP contribution in [-0.4, -0.2) is 11.0 Å². The van der Waals surface area contributed by atoms with Gasteiger partial charge in [0, 0.05) is 5.25 Å². The van der Waals surface area contributed by atoms with Crippen molar-refractivity contribution in [1.29, 1.82) is 0 Å². The third-order valence-corrected chi connectivity index (χ3v) is 5.10. The van der Waals surface area contributed by atoms with Crippen LogP contribution in [0.4, 0.5) is 0 Å². The third-order valence-electron chi connectivity index (χ3n) is 3.18. The first-order chi connectivity index (χ1) is 4.70. The molecule has 1 heterocycles. The van der Waals surface area contributed by atoms with Crippen LogP contribution in [0.25, 0.3) is 0 Å². The van der Waals surface area contributed by atoms with Crippen molar-refractivity contribution >= 4 is 11.8 Å². The predicted octanol–water partition coefficient (Wildman–Crippen LogP) is 2.93. The molecular weight excluding hydrogens is 140 g/mol. The molecule has 0 amide bonds. The van der Waals surface area contributed by atoms with Crippen LogP contribution in [0.3, 0.4) is 0 Å². The Morgan fingerprint density at radius 2 is 2.30 bits per heavy atom. The quantitative estimate of drug-likeness (QED) is 0.519. The molecule has 2 aliphatic rings. The van der Waals surface area contributed by atoms with Crippen LogP contribution in [0.1, 0.15) is 33.1 Å². The Labute approximate surface area is 67.8 Å². The summed E-state index contributed by atoms with van der Waals surface area (Å²) in [5.41, 5.74) is 0.738. The van der Waals surface area contributed by atoms with Gasteiger partial charge in [0.25, 0.3) is 0 Å². The van der Waals surface area contributed by atoms with Crippen LogP contribution in [-0.2, 0) is 0 Å². The Hall–Kier alpha value is 0.350. The Morgan fingerprint density at radius 3 is 3.00 bits per heavy atom. The summed E-state index contributed by atoms with van der Waals surface area (Å²) >= 11 is 2.22.